The van der Waals surface area contributed by atoms with E-state index in [0.29, 0.717) is 16.5 Å². The van der Waals surface area contributed by atoms with E-state index in [-0.39, 0.29) is 23.2 Å². The van der Waals surface area contributed by atoms with Crippen LogP contribution in [-0.2, 0) is 23.9 Å². The van der Waals surface area contributed by atoms with Crippen molar-refractivity contribution in [1.29, 1.82) is 0 Å². The molecule has 0 saturated heterocycles. The van der Waals surface area contributed by atoms with Gasteiger partial charge in [-0.25, -0.2) is 9.97 Å². The number of hydrogen-bond donors (Lipinski definition) is 2. The predicted molar refractivity (Wildman–Crippen MR) is 106 cm³/mol. The van der Waals surface area contributed by atoms with Crippen molar-refractivity contribution in [3.8, 4) is 17.0 Å². The van der Waals surface area contributed by atoms with Crippen molar-refractivity contribution in [2.75, 3.05) is 18.7 Å². The summed E-state index contributed by atoms with van der Waals surface area (Å²) in [7, 11) is 1.58. The second kappa shape index (κ2) is 8.07. The van der Waals surface area contributed by atoms with Gasteiger partial charge in [0.05, 0.1) is 31.7 Å². The van der Waals surface area contributed by atoms with Crippen molar-refractivity contribution in [3.63, 3.8) is 0 Å². The molecule has 0 aliphatic carbocycles. The van der Waals surface area contributed by atoms with Gasteiger partial charge >= 0.3 is 11.3 Å². The lowest BCUT2D eigenvalue weighted by atomic mass is 10.2. The smallest absolute Gasteiger partial charge is 0.435 e. The molecular weight excluding hydrogens is 435 g/mol. The highest BCUT2D eigenvalue weighted by atomic mass is 32.2. The van der Waals surface area contributed by atoms with Gasteiger partial charge in [-0.05, 0) is 29.8 Å². The highest BCUT2D eigenvalue weighted by Gasteiger charge is 2.36. The van der Waals surface area contributed by atoms with Gasteiger partial charge in [-0.1, -0.05) is 5.10 Å². The summed E-state index contributed by atoms with van der Waals surface area (Å²) in [5.41, 5.74) is 0.418. The van der Waals surface area contributed by atoms with E-state index in [1.807, 2.05) is 24.3 Å². The molecule has 0 fully saturated rings. The van der Waals surface area contributed by atoms with E-state index in [0.717, 1.165) is 17.0 Å². The summed E-state index contributed by atoms with van der Waals surface area (Å²) < 4.78 is 57.3. The van der Waals surface area contributed by atoms with Crippen LogP contribution in [-0.4, -0.2) is 47.5 Å². The van der Waals surface area contributed by atoms with Crippen LogP contribution in [0.4, 0.5) is 19.0 Å². The number of H-pyrrole nitrogens is 1. The topological polar surface area (TPSA) is 116 Å². The molecule has 3 heterocycles. The Morgan fingerprint density at radius 1 is 1.19 bits per heavy atom. The molecule has 4 aromatic rings. The number of methoxy groups -OCH3 is 1. The van der Waals surface area contributed by atoms with Gasteiger partial charge in [-0.3, -0.25) is 0 Å². The Bertz CT molecular complexity index is 1210. The Kier molecular flexibility index (Phi) is 5.45. The zero-order valence-corrected chi connectivity index (χ0v) is 17.1. The van der Waals surface area contributed by atoms with Gasteiger partial charge in [0.1, 0.15) is 17.8 Å². The molecule has 1 unspecified atom stereocenters. The van der Waals surface area contributed by atoms with Crippen LogP contribution in [0.2, 0.25) is 0 Å². The molecule has 162 valence electrons. The van der Waals surface area contributed by atoms with Crippen LogP contribution in [0.3, 0.4) is 0 Å². The number of nitrogens with zero attached hydrogens (tertiary/aromatic N) is 5. The largest absolute Gasteiger partial charge is 0.609 e. The van der Waals surface area contributed by atoms with Crippen LogP contribution >= 0.6 is 0 Å². The number of aromatic amines is 1. The van der Waals surface area contributed by atoms with Crippen molar-refractivity contribution < 1.29 is 22.5 Å². The number of anilines is 1. The highest BCUT2D eigenvalue weighted by Crippen LogP contribution is 2.30. The molecule has 2 N–H and O–H groups in total. The molecule has 31 heavy (non-hydrogen) atoms. The molecule has 0 amide bonds. The SMILES string of the molecule is COc1ccc(-c2cnc(CNc3nc([S+](C)[O-])nn4c(C(F)(F)F)cnc34)[nH]2)cc1. The molecule has 1 aromatic carbocycles. The van der Waals surface area contributed by atoms with Crippen molar-refractivity contribution in [3.05, 3.63) is 48.2 Å². The molecule has 4 rings (SSSR count). The average Bonchev–Trinajstić information content (AvgIpc) is 3.39. The third kappa shape index (κ3) is 4.27. The molecular formula is C18H16F3N7O2S. The number of fused-ring (bicyclic) bond motifs is 1. The fourth-order valence-electron chi connectivity index (χ4n) is 2.83. The number of ether oxygens (including phenoxy) is 1. The number of nitrogens with one attached hydrogen (secondary N) is 2. The Balaban J connectivity index is 1.60. The van der Waals surface area contributed by atoms with Gasteiger partial charge in [0, 0.05) is 11.2 Å². The zero-order valence-electron chi connectivity index (χ0n) is 16.3. The predicted octanol–water partition coefficient (Wildman–Crippen LogP) is 2.89. The van der Waals surface area contributed by atoms with Crippen LogP contribution in [0.15, 0.2) is 41.8 Å². The standard InChI is InChI=1S/C18H16F3N7O2S/c1-30-11-5-3-10(4-6-11)12-7-22-14(25-12)9-23-15-16-24-8-13(18(19,20)21)28(16)27-17(26-15)31(2)29/h3-8H,9H2,1-2H3,(H,22,25)(H,23,26,27). The van der Waals surface area contributed by atoms with Crippen LogP contribution in [0, 0.1) is 0 Å². The van der Waals surface area contributed by atoms with Crippen LogP contribution in [0.1, 0.15) is 11.5 Å². The molecule has 0 aliphatic rings. The first-order valence-electron chi connectivity index (χ1n) is 8.85. The third-order valence-corrected chi connectivity index (χ3v) is 5.03. The average molecular weight is 451 g/mol. The first-order valence-corrected chi connectivity index (χ1v) is 10.4. The van der Waals surface area contributed by atoms with Crippen molar-refractivity contribution >= 4 is 22.6 Å². The van der Waals surface area contributed by atoms with Gasteiger partial charge in [-0.15, -0.1) is 0 Å². The van der Waals surface area contributed by atoms with E-state index >= 15 is 0 Å². The number of imidazole rings is 2. The number of aromatic nitrogens is 6. The summed E-state index contributed by atoms with van der Waals surface area (Å²) >= 11 is -1.70. The summed E-state index contributed by atoms with van der Waals surface area (Å²) in [6.45, 7) is 0.118. The van der Waals surface area contributed by atoms with Gasteiger partial charge < -0.3 is 19.6 Å². The normalized spacial score (nSPS) is 12.8. The summed E-state index contributed by atoms with van der Waals surface area (Å²) in [4.78, 5) is 15.2. The Labute approximate surface area is 176 Å². The maximum absolute atomic E-state index is 13.2. The van der Waals surface area contributed by atoms with Gasteiger partial charge in [-0.2, -0.15) is 22.7 Å². The summed E-state index contributed by atoms with van der Waals surface area (Å²) in [5, 5.41) is 6.37. The highest BCUT2D eigenvalue weighted by molar-refractivity contribution is 7.90. The second-order valence-electron chi connectivity index (χ2n) is 6.40. The number of rotatable bonds is 6. The summed E-state index contributed by atoms with van der Waals surface area (Å²) in [6.07, 6.45) is -1.10. The summed E-state index contributed by atoms with van der Waals surface area (Å²) in [5.74, 6) is 1.25. The van der Waals surface area contributed by atoms with Crippen molar-refractivity contribution in [2.45, 2.75) is 17.9 Å². The first kappa shape index (κ1) is 20.9. The van der Waals surface area contributed by atoms with Crippen molar-refractivity contribution in [2.24, 2.45) is 0 Å². The lowest BCUT2D eigenvalue weighted by molar-refractivity contribution is -0.142. The number of hydrogen-bond acceptors (Lipinski definition) is 7. The maximum Gasteiger partial charge on any atom is 0.435 e. The van der Waals surface area contributed by atoms with E-state index in [9.17, 15) is 17.7 Å². The van der Waals surface area contributed by atoms with E-state index < -0.39 is 23.0 Å². The number of halogens is 3. The molecule has 0 saturated carbocycles. The number of benzene rings is 1. The zero-order chi connectivity index (χ0) is 22.2. The van der Waals surface area contributed by atoms with Crippen molar-refractivity contribution in [1.82, 2.24) is 29.5 Å². The minimum Gasteiger partial charge on any atom is -0.609 e. The molecule has 9 nitrogen and oxygen atoms in total. The molecule has 3 aromatic heterocycles. The number of alkyl halides is 3. The first-order chi connectivity index (χ1) is 14.8. The quantitative estimate of drug-likeness (QED) is 0.433. The van der Waals surface area contributed by atoms with E-state index in [1.165, 1.54) is 6.26 Å². The molecule has 1 atom stereocenters. The fourth-order valence-corrected chi connectivity index (χ4v) is 3.25. The van der Waals surface area contributed by atoms with E-state index in [2.05, 4.69) is 30.4 Å². The molecule has 0 aliphatic heterocycles. The molecule has 13 heteroatoms. The third-order valence-electron chi connectivity index (χ3n) is 4.34. The van der Waals surface area contributed by atoms with Crippen LogP contribution in [0.5, 0.6) is 5.75 Å². The maximum atomic E-state index is 13.2. The van der Waals surface area contributed by atoms with Crippen LogP contribution < -0.4 is 10.1 Å². The van der Waals surface area contributed by atoms with Crippen LogP contribution in [0.25, 0.3) is 16.9 Å². The van der Waals surface area contributed by atoms with Gasteiger partial charge in [0.25, 0.3) is 0 Å². The van der Waals surface area contributed by atoms with E-state index in [1.54, 1.807) is 13.3 Å². The Morgan fingerprint density at radius 2 is 1.94 bits per heavy atom. The lowest BCUT2D eigenvalue weighted by Crippen LogP contribution is -2.16. The van der Waals surface area contributed by atoms with E-state index in [4.69, 9.17) is 4.74 Å². The minimum absolute atomic E-state index is 0.0121. The minimum atomic E-state index is -4.67. The summed E-state index contributed by atoms with van der Waals surface area (Å²) in [6, 6.07) is 7.36. The molecule has 0 radical (unpaired) electrons. The monoisotopic (exact) mass is 451 g/mol. The Hall–Kier alpha value is -3.32. The second-order valence-corrected chi connectivity index (χ2v) is 7.67. The van der Waals surface area contributed by atoms with Gasteiger partial charge in [0.2, 0.25) is 0 Å². The fraction of sp³-hybridized carbons (Fsp3) is 0.222. The molecule has 0 spiro atoms. The lowest BCUT2D eigenvalue weighted by Gasteiger charge is -2.10. The molecule has 0 bridgehead atoms. The Morgan fingerprint density at radius 3 is 2.58 bits per heavy atom. The van der Waals surface area contributed by atoms with Gasteiger partial charge in [0.15, 0.2) is 17.2 Å².